The maximum atomic E-state index is 13.8. The van der Waals surface area contributed by atoms with Crippen LogP contribution in [0.15, 0.2) is 18.2 Å². The van der Waals surface area contributed by atoms with Crippen molar-refractivity contribution in [2.45, 2.75) is 152 Å². The molecule has 3 heterocycles. The van der Waals surface area contributed by atoms with Gasteiger partial charge in [-0.3, -0.25) is 14.4 Å². The first-order chi connectivity index (χ1) is 26.6. The first kappa shape index (κ1) is 40.5. The van der Waals surface area contributed by atoms with Crippen LogP contribution in [0.1, 0.15) is 128 Å². The largest absolute Gasteiger partial charge is 0.507 e. The molecular formula is C40H50O16. The highest BCUT2D eigenvalue weighted by molar-refractivity contribution is 6.31. The molecule has 7 rings (SSSR count). The zero-order valence-electron chi connectivity index (χ0n) is 31.9. The van der Waals surface area contributed by atoms with Crippen molar-refractivity contribution >= 4 is 17.5 Å². The van der Waals surface area contributed by atoms with Gasteiger partial charge in [-0.15, -0.1) is 0 Å². The maximum Gasteiger partial charge on any atom is 0.316 e. The van der Waals surface area contributed by atoms with Crippen molar-refractivity contribution in [3.8, 4) is 17.2 Å². The lowest BCUT2D eigenvalue weighted by Gasteiger charge is -2.45. The number of hydrogen-bond donors (Lipinski definition) is 6. The summed E-state index contributed by atoms with van der Waals surface area (Å²) >= 11 is 0. The van der Waals surface area contributed by atoms with E-state index in [2.05, 4.69) is 0 Å². The first-order valence-electron chi connectivity index (χ1n) is 19.2. The number of ether oxygens (including phenoxy) is 7. The highest BCUT2D eigenvalue weighted by Crippen LogP contribution is 2.57. The molecule has 2 aliphatic carbocycles. The molecule has 56 heavy (non-hydrogen) atoms. The molecule has 6 N–H and O–H groups in total. The van der Waals surface area contributed by atoms with Crippen LogP contribution >= 0.6 is 0 Å². The van der Waals surface area contributed by atoms with Gasteiger partial charge in [-0.2, -0.15) is 0 Å². The summed E-state index contributed by atoms with van der Waals surface area (Å²) in [4.78, 5) is 41.0. The Labute approximate surface area is 323 Å². The molecule has 3 aliphatic heterocycles. The van der Waals surface area contributed by atoms with Crippen molar-refractivity contribution in [2.24, 2.45) is 0 Å². The van der Waals surface area contributed by atoms with Crippen LogP contribution in [-0.2, 0) is 38.0 Å². The minimum atomic E-state index is -1.90. The standard InChI is InChI=1S/C40H50O16/c1-6-40(49)15-24(29-30(33(40)39(48)50-5)37(47)31-32(36(29)46)35(45)28-19(34(31)44)8-7-9-21(28)42)55-25-13-11-23(17(3)52-25)54-27-14-22(43)38(18(4)53-27)56-26-12-10-20(41)16(2)51-26/h7-9,16-18,20,22-27,33,38,41-43,46-47,49H,6,10-15H2,1-5H3. The van der Waals surface area contributed by atoms with E-state index in [4.69, 9.17) is 33.2 Å². The van der Waals surface area contributed by atoms with Gasteiger partial charge in [0.15, 0.2) is 24.7 Å². The zero-order chi connectivity index (χ0) is 40.4. The minimum Gasteiger partial charge on any atom is -0.507 e. The van der Waals surface area contributed by atoms with Gasteiger partial charge in [0, 0.05) is 42.4 Å². The number of esters is 1. The molecular weight excluding hydrogens is 736 g/mol. The average molecular weight is 787 g/mol. The average Bonchev–Trinajstić information content (AvgIpc) is 3.15. The highest BCUT2D eigenvalue weighted by atomic mass is 16.7. The molecule has 0 bridgehead atoms. The van der Waals surface area contributed by atoms with Gasteiger partial charge in [-0.25, -0.2) is 0 Å². The summed E-state index contributed by atoms with van der Waals surface area (Å²) in [6.45, 7) is 6.93. The number of benzene rings is 2. The number of hydrogen-bond acceptors (Lipinski definition) is 16. The second kappa shape index (κ2) is 15.6. The normalized spacial score (nSPS) is 37.0. The smallest absolute Gasteiger partial charge is 0.316 e. The summed E-state index contributed by atoms with van der Waals surface area (Å²) in [5, 5.41) is 67.2. The van der Waals surface area contributed by atoms with Crippen LogP contribution in [0.2, 0.25) is 0 Å². The summed E-state index contributed by atoms with van der Waals surface area (Å²) in [7, 11) is 1.10. The van der Waals surface area contributed by atoms with E-state index < -0.39 is 125 Å². The summed E-state index contributed by atoms with van der Waals surface area (Å²) < 4.78 is 41.9. The van der Waals surface area contributed by atoms with Crippen LogP contribution in [-0.4, -0.2) is 122 Å². The topological polar surface area (TPSA) is 237 Å². The molecule has 2 aromatic carbocycles. The Morgan fingerprint density at radius 1 is 0.786 bits per heavy atom. The minimum absolute atomic E-state index is 0.0295. The summed E-state index contributed by atoms with van der Waals surface area (Å²) in [6, 6.07) is 3.88. The number of fused-ring (bicyclic) bond motifs is 3. The maximum absolute atomic E-state index is 13.8. The Hall–Kier alpha value is -3.71. The second-order valence-corrected chi connectivity index (χ2v) is 15.5. The third kappa shape index (κ3) is 6.98. The van der Waals surface area contributed by atoms with Crippen LogP contribution in [0.3, 0.4) is 0 Å². The Bertz CT molecular complexity index is 1850. The van der Waals surface area contributed by atoms with Gasteiger partial charge in [0.05, 0.1) is 72.1 Å². The number of carbonyl (C=O) groups excluding carboxylic acids is 3. The van der Waals surface area contributed by atoms with E-state index in [1.165, 1.54) is 18.2 Å². The monoisotopic (exact) mass is 786 g/mol. The molecule has 5 aliphatic rings. The van der Waals surface area contributed by atoms with E-state index in [0.29, 0.717) is 19.3 Å². The Kier molecular flexibility index (Phi) is 11.3. The molecule has 3 fully saturated rings. The Balaban J connectivity index is 1.10. The first-order valence-corrected chi connectivity index (χ1v) is 19.2. The van der Waals surface area contributed by atoms with Gasteiger partial charge in [0.25, 0.3) is 0 Å². The number of phenols is 3. The molecule has 0 aromatic heterocycles. The molecule has 13 atom stereocenters. The summed E-state index contributed by atoms with van der Waals surface area (Å²) in [5.41, 5.74) is -4.09. The van der Waals surface area contributed by atoms with Gasteiger partial charge >= 0.3 is 5.97 Å². The van der Waals surface area contributed by atoms with E-state index in [1.54, 1.807) is 27.7 Å². The lowest BCUT2D eigenvalue weighted by molar-refractivity contribution is -0.322. The SMILES string of the molecule is CCC1(O)CC(OC2CCC(OC3CC(O)C(OC4CCC(O)C(C)O4)C(C)O3)C(C)O2)c2c(O)c3c(c(O)c2C1C(=O)OC)C(=O)c1cccc(O)c1C3=O. The lowest BCUT2D eigenvalue weighted by atomic mass is 9.66. The molecule has 306 valence electrons. The molecule has 0 radical (unpaired) electrons. The van der Waals surface area contributed by atoms with E-state index in [-0.39, 0.29) is 47.9 Å². The fourth-order valence-corrected chi connectivity index (χ4v) is 8.89. The number of ketones is 2. The van der Waals surface area contributed by atoms with Crippen LogP contribution in [0.4, 0.5) is 0 Å². The third-order valence-corrected chi connectivity index (χ3v) is 12.0. The van der Waals surface area contributed by atoms with Crippen LogP contribution in [0.5, 0.6) is 17.2 Å². The number of aromatic hydroxyl groups is 3. The fourth-order valence-electron chi connectivity index (χ4n) is 8.89. The second-order valence-electron chi connectivity index (χ2n) is 15.5. The Morgan fingerprint density at radius 3 is 2.09 bits per heavy atom. The van der Waals surface area contributed by atoms with E-state index >= 15 is 0 Å². The number of aliphatic hydroxyl groups is 3. The number of rotatable bonds is 8. The highest BCUT2D eigenvalue weighted by Gasteiger charge is 2.55. The van der Waals surface area contributed by atoms with Crippen molar-refractivity contribution in [3.63, 3.8) is 0 Å². The molecule has 2 aromatic rings. The van der Waals surface area contributed by atoms with Gasteiger partial charge in [0.2, 0.25) is 5.78 Å². The predicted molar refractivity (Wildman–Crippen MR) is 191 cm³/mol. The van der Waals surface area contributed by atoms with Crippen molar-refractivity contribution in [1.82, 2.24) is 0 Å². The molecule has 3 saturated heterocycles. The molecule has 16 heteroatoms. The number of aliphatic hydroxyl groups excluding tert-OH is 2. The third-order valence-electron chi connectivity index (χ3n) is 12.0. The van der Waals surface area contributed by atoms with E-state index in [1.807, 2.05) is 0 Å². The molecule has 0 amide bonds. The Morgan fingerprint density at radius 2 is 1.43 bits per heavy atom. The predicted octanol–water partition coefficient (Wildman–Crippen LogP) is 3.12. The quantitative estimate of drug-likeness (QED) is 0.142. The fraction of sp³-hybridized carbons (Fsp3) is 0.625. The van der Waals surface area contributed by atoms with Crippen molar-refractivity contribution < 1.29 is 78.2 Å². The number of phenolic OH excluding ortho intramolecular Hbond substituents is 3. The van der Waals surface area contributed by atoms with Crippen molar-refractivity contribution in [3.05, 3.63) is 51.6 Å². The van der Waals surface area contributed by atoms with Gasteiger partial charge < -0.3 is 63.8 Å². The van der Waals surface area contributed by atoms with Crippen LogP contribution in [0.25, 0.3) is 0 Å². The molecule has 13 unspecified atom stereocenters. The summed E-state index contributed by atoms with van der Waals surface area (Å²) in [5.74, 6) is -6.35. The van der Waals surface area contributed by atoms with Gasteiger partial charge in [-0.1, -0.05) is 19.1 Å². The van der Waals surface area contributed by atoms with Gasteiger partial charge in [0.1, 0.15) is 29.3 Å². The molecule has 0 saturated carbocycles. The van der Waals surface area contributed by atoms with Crippen LogP contribution < -0.4 is 0 Å². The van der Waals surface area contributed by atoms with E-state index in [0.717, 1.165) is 7.11 Å². The van der Waals surface area contributed by atoms with Crippen LogP contribution in [0, 0.1) is 0 Å². The number of carbonyl (C=O) groups is 3. The number of methoxy groups -OCH3 is 1. The molecule has 16 nitrogen and oxygen atoms in total. The summed E-state index contributed by atoms with van der Waals surface area (Å²) in [6.07, 6.45) is -6.29. The van der Waals surface area contributed by atoms with Crippen molar-refractivity contribution in [1.29, 1.82) is 0 Å². The van der Waals surface area contributed by atoms with E-state index in [9.17, 15) is 45.0 Å². The van der Waals surface area contributed by atoms with Crippen molar-refractivity contribution in [2.75, 3.05) is 7.11 Å². The lowest BCUT2D eigenvalue weighted by Crippen LogP contribution is -2.53. The molecule has 0 spiro atoms. The van der Waals surface area contributed by atoms with Gasteiger partial charge in [-0.05, 0) is 46.1 Å². The zero-order valence-corrected chi connectivity index (χ0v) is 31.9.